The van der Waals surface area contributed by atoms with Gasteiger partial charge in [-0.25, -0.2) is 4.79 Å². The summed E-state index contributed by atoms with van der Waals surface area (Å²) in [6.45, 7) is -0.415. The number of carbonyl (C=O) groups excluding carboxylic acids is 2. The summed E-state index contributed by atoms with van der Waals surface area (Å²) in [5, 5.41) is 21.3. The fraction of sp³-hybridized carbons (Fsp3) is 0.286. The molecule has 1 saturated carbocycles. The lowest BCUT2D eigenvalue weighted by molar-refractivity contribution is -0.125. The Hall–Kier alpha value is -3.33. The van der Waals surface area contributed by atoms with Gasteiger partial charge in [-0.3, -0.25) is 4.79 Å². The minimum atomic E-state index is -0.824. The van der Waals surface area contributed by atoms with Gasteiger partial charge in [-0.15, -0.1) is 0 Å². The first-order valence-electron chi connectivity index (χ1n) is 8.80. The fourth-order valence-corrected chi connectivity index (χ4v) is 3.21. The first kappa shape index (κ1) is 18.5. The van der Waals surface area contributed by atoms with Gasteiger partial charge in [0.05, 0.1) is 11.6 Å². The van der Waals surface area contributed by atoms with Crippen LogP contribution in [0.5, 0.6) is 5.75 Å². The number of rotatable bonds is 5. The number of benzene rings is 2. The largest absolute Gasteiger partial charge is 0.508 e. The van der Waals surface area contributed by atoms with Crippen molar-refractivity contribution in [1.82, 2.24) is 5.32 Å². The number of nitrogens with one attached hydrogen (secondary N) is 1. The standard InChI is InChI=1S/C21H20N2O4/c22-14-21(11-1-2-12-21)23-19(25)13-27-20(26)17-5-3-15(4-6-17)16-7-9-18(24)10-8-16/h3-10,24H,1-2,11-13H2,(H,23,25). The Labute approximate surface area is 157 Å². The lowest BCUT2D eigenvalue weighted by Crippen LogP contribution is -2.46. The Morgan fingerprint density at radius 1 is 1.04 bits per heavy atom. The van der Waals surface area contributed by atoms with Crippen LogP contribution in [-0.2, 0) is 9.53 Å². The van der Waals surface area contributed by atoms with Gasteiger partial charge in [-0.05, 0) is 61.1 Å². The van der Waals surface area contributed by atoms with Gasteiger partial charge in [0.1, 0.15) is 11.3 Å². The average Bonchev–Trinajstić information content (AvgIpc) is 3.16. The van der Waals surface area contributed by atoms with Crippen molar-refractivity contribution in [3.8, 4) is 22.9 Å². The smallest absolute Gasteiger partial charge is 0.338 e. The van der Waals surface area contributed by atoms with Crippen LogP contribution in [0.4, 0.5) is 0 Å². The highest BCUT2D eigenvalue weighted by atomic mass is 16.5. The molecule has 0 bridgehead atoms. The first-order valence-corrected chi connectivity index (χ1v) is 8.80. The predicted molar refractivity (Wildman–Crippen MR) is 98.8 cm³/mol. The van der Waals surface area contributed by atoms with E-state index in [0.717, 1.165) is 24.0 Å². The molecule has 0 heterocycles. The van der Waals surface area contributed by atoms with E-state index in [1.165, 1.54) is 0 Å². The molecule has 1 aliphatic carbocycles. The first-order chi connectivity index (χ1) is 13.0. The molecule has 1 amide bonds. The molecule has 0 radical (unpaired) electrons. The molecular weight excluding hydrogens is 344 g/mol. The summed E-state index contributed by atoms with van der Waals surface area (Å²) >= 11 is 0. The van der Waals surface area contributed by atoms with Gasteiger partial charge in [0.2, 0.25) is 0 Å². The molecule has 138 valence electrons. The van der Waals surface area contributed by atoms with Crippen LogP contribution in [0.2, 0.25) is 0 Å². The monoisotopic (exact) mass is 364 g/mol. The van der Waals surface area contributed by atoms with Crippen LogP contribution in [-0.4, -0.2) is 29.1 Å². The van der Waals surface area contributed by atoms with Gasteiger partial charge < -0.3 is 15.2 Å². The van der Waals surface area contributed by atoms with Crippen LogP contribution in [0.1, 0.15) is 36.0 Å². The summed E-state index contributed by atoms with van der Waals surface area (Å²) in [5.41, 5.74) is 1.31. The second-order valence-corrected chi connectivity index (χ2v) is 6.65. The van der Waals surface area contributed by atoms with Crippen molar-refractivity contribution < 1.29 is 19.4 Å². The van der Waals surface area contributed by atoms with Gasteiger partial charge in [0.15, 0.2) is 6.61 Å². The van der Waals surface area contributed by atoms with Crippen LogP contribution in [0.25, 0.3) is 11.1 Å². The Morgan fingerprint density at radius 2 is 1.59 bits per heavy atom. The number of hydrogen-bond donors (Lipinski definition) is 2. The molecule has 6 heteroatoms. The number of carbonyl (C=O) groups is 2. The minimum absolute atomic E-state index is 0.188. The Balaban J connectivity index is 1.56. The highest BCUT2D eigenvalue weighted by molar-refractivity contribution is 5.92. The third-order valence-corrected chi connectivity index (χ3v) is 4.71. The zero-order chi connectivity index (χ0) is 19.3. The normalized spacial score (nSPS) is 14.9. The van der Waals surface area contributed by atoms with Crippen molar-refractivity contribution >= 4 is 11.9 Å². The summed E-state index contributed by atoms with van der Waals surface area (Å²) in [6, 6.07) is 15.7. The SMILES string of the molecule is N#CC1(NC(=O)COC(=O)c2ccc(-c3ccc(O)cc3)cc2)CCCC1. The van der Waals surface area contributed by atoms with Crippen molar-refractivity contribution in [1.29, 1.82) is 5.26 Å². The maximum atomic E-state index is 12.1. The number of hydrogen-bond acceptors (Lipinski definition) is 5. The second-order valence-electron chi connectivity index (χ2n) is 6.65. The number of nitriles is 1. The fourth-order valence-electron chi connectivity index (χ4n) is 3.21. The molecule has 0 atom stereocenters. The van der Waals surface area contributed by atoms with E-state index in [1.54, 1.807) is 48.5 Å². The maximum absolute atomic E-state index is 12.1. The topological polar surface area (TPSA) is 99.4 Å². The number of ether oxygens (including phenoxy) is 1. The highest BCUT2D eigenvalue weighted by Gasteiger charge is 2.35. The molecule has 1 aliphatic rings. The van der Waals surface area contributed by atoms with Crippen LogP contribution < -0.4 is 5.32 Å². The van der Waals surface area contributed by atoms with E-state index in [-0.39, 0.29) is 5.75 Å². The second kappa shape index (κ2) is 7.92. The highest BCUT2D eigenvalue weighted by Crippen LogP contribution is 2.28. The van der Waals surface area contributed by atoms with Crippen LogP contribution in [0.15, 0.2) is 48.5 Å². The molecule has 0 unspecified atom stereocenters. The van der Waals surface area contributed by atoms with Crippen molar-refractivity contribution in [3.05, 3.63) is 54.1 Å². The number of esters is 1. The zero-order valence-electron chi connectivity index (χ0n) is 14.8. The van der Waals surface area contributed by atoms with Crippen molar-refractivity contribution in [2.45, 2.75) is 31.2 Å². The number of phenolic OH excluding ortho intramolecular Hbond substituents is 1. The van der Waals surface area contributed by atoms with Gasteiger partial charge in [0, 0.05) is 0 Å². The van der Waals surface area contributed by atoms with Crippen LogP contribution in [0, 0.1) is 11.3 Å². The quantitative estimate of drug-likeness (QED) is 0.794. The van der Waals surface area contributed by atoms with Crippen molar-refractivity contribution in [3.63, 3.8) is 0 Å². The predicted octanol–water partition coefficient (Wildman–Crippen LogP) is 3.17. The van der Waals surface area contributed by atoms with Crippen molar-refractivity contribution in [2.75, 3.05) is 6.61 Å². The summed E-state index contributed by atoms with van der Waals surface area (Å²) in [4.78, 5) is 24.1. The van der Waals surface area contributed by atoms with E-state index in [9.17, 15) is 20.0 Å². The van der Waals surface area contributed by atoms with Crippen molar-refractivity contribution in [2.24, 2.45) is 0 Å². The van der Waals surface area contributed by atoms with Crippen LogP contribution in [0.3, 0.4) is 0 Å². The molecule has 0 aromatic heterocycles. The molecule has 27 heavy (non-hydrogen) atoms. The zero-order valence-corrected chi connectivity index (χ0v) is 14.8. The number of nitrogens with zero attached hydrogens (tertiary/aromatic N) is 1. The molecule has 6 nitrogen and oxygen atoms in total. The molecule has 2 aromatic carbocycles. The van der Waals surface area contributed by atoms with Gasteiger partial charge in [0.25, 0.3) is 5.91 Å². The number of amides is 1. The third-order valence-electron chi connectivity index (χ3n) is 4.71. The molecular formula is C21H20N2O4. The summed E-state index contributed by atoms with van der Waals surface area (Å²) in [6.07, 6.45) is 3.06. The molecule has 2 N–H and O–H groups in total. The summed E-state index contributed by atoms with van der Waals surface area (Å²) in [7, 11) is 0. The lowest BCUT2D eigenvalue weighted by Gasteiger charge is -2.21. The molecule has 0 saturated heterocycles. The molecule has 2 aromatic rings. The van der Waals surface area contributed by atoms with Gasteiger partial charge >= 0.3 is 5.97 Å². The molecule has 0 spiro atoms. The lowest BCUT2D eigenvalue weighted by atomic mass is 10.00. The minimum Gasteiger partial charge on any atom is -0.508 e. The summed E-state index contributed by atoms with van der Waals surface area (Å²) < 4.78 is 5.06. The number of phenols is 1. The van der Waals surface area contributed by atoms with E-state index in [4.69, 9.17) is 4.74 Å². The summed E-state index contributed by atoms with van der Waals surface area (Å²) in [5.74, 6) is -0.875. The van der Waals surface area contributed by atoms with E-state index in [1.807, 2.05) is 0 Å². The molecule has 3 rings (SSSR count). The van der Waals surface area contributed by atoms with Crippen LogP contribution >= 0.6 is 0 Å². The Bertz CT molecular complexity index is 861. The van der Waals surface area contributed by atoms with E-state index in [0.29, 0.717) is 18.4 Å². The van der Waals surface area contributed by atoms with E-state index in [2.05, 4.69) is 11.4 Å². The number of aromatic hydroxyl groups is 1. The van der Waals surface area contributed by atoms with E-state index < -0.39 is 24.0 Å². The van der Waals surface area contributed by atoms with E-state index >= 15 is 0 Å². The average molecular weight is 364 g/mol. The maximum Gasteiger partial charge on any atom is 0.338 e. The molecule has 0 aliphatic heterocycles. The van der Waals surface area contributed by atoms with Gasteiger partial charge in [-0.2, -0.15) is 5.26 Å². The Kier molecular flexibility index (Phi) is 5.41. The van der Waals surface area contributed by atoms with Gasteiger partial charge in [-0.1, -0.05) is 24.3 Å². The third kappa shape index (κ3) is 4.45. The molecule has 1 fully saturated rings. The Morgan fingerprint density at radius 3 is 2.15 bits per heavy atom.